The van der Waals surface area contributed by atoms with Gasteiger partial charge < -0.3 is 19.7 Å². The van der Waals surface area contributed by atoms with Gasteiger partial charge in [-0.3, -0.25) is 19.2 Å². The fraction of sp³-hybridized carbons (Fsp3) is 0.810. The van der Waals surface area contributed by atoms with Crippen molar-refractivity contribution in [3.05, 3.63) is 25.3 Å². The van der Waals surface area contributed by atoms with Gasteiger partial charge in [-0.2, -0.15) is 0 Å². The van der Waals surface area contributed by atoms with Crippen LogP contribution in [0.1, 0.15) is 169 Å². The molecule has 0 heterocycles. The van der Waals surface area contributed by atoms with Crippen molar-refractivity contribution in [2.24, 2.45) is 11.8 Å². The van der Waals surface area contributed by atoms with Gasteiger partial charge in [0.25, 0.3) is 0 Å². The molecule has 8 heteroatoms. The number of carbonyl (C=O) groups is 4. The smallest absolute Gasteiger partial charge is 0.180 e. The zero-order valence-corrected chi connectivity index (χ0v) is 32.9. The molecule has 0 fully saturated rings. The average molecular weight is 711 g/mol. The van der Waals surface area contributed by atoms with Crippen LogP contribution in [0.4, 0.5) is 0 Å². The number of carbonyl (C=O) groups excluding carboxylic acids is 4. The molecule has 2 unspecified atom stereocenters. The van der Waals surface area contributed by atoms with Gasteiger partial charge in [-0.05, 0) is 37.8 Å². The molecule has 0 rings (SSSR count). The lowest BCUT2D eigenvalue weighted by atomic mass is 9.88. The molecule has 0 saturated carbocycles. The van der Waals surface area contributed by atoms with E-state index < -0.39 is 13.2 Å². The summed E-state index contributed by atoms with van der Waals surface area (Å²) in [6.07, 6.45) is 29.7. The van der Waals surface area contributed by atoms with Crippen LogP contribution in [0.5, 0.6) is 0 Å². The minimum absolute atomic E-state index is 0.0259. The van der Waals surface area contributed by atoms with E-state index in [1.807, 2.05) is 13.8 Å². The first kappa shape index (κ1) is 52.4. The van der Waals surface area contributed by atoms with Crippen LogP contribution < -0.4 is 0 Å². The average Bonchev–Trinajstić information content (AvgIpc) is 3.14. The van der Waals surface area contributed by atoms with Gasteiger partial charge in [0, 0.05) is 25.0 Å². The normalized spacial score (nSPS) is 11.7. The first-order valence-electron chi connectivity index (χ1n) is 19.9. The van der Waals surface area contributed by atoms with Gasteiger partial charge in [-0.25, -0.2) is 0 Å². The van der Waals surface area contributed by atoms with Gasteiger partial charge in [0.15, 0.2) is 23.1 Å². The van der Waals surface area contributed by atoms with Gasteiger partial charge in [0.1, 0.15) is 26.4 Å². The zero-order valence-electron chi connectivity index (χ0n) is 32.9. The van der Waals surface area contributed by atoms with E-state index in [4.69, 9.17) is 19.7 Å². The Hall–Kier alpha value is -2.00. The molecule has 294 valence electrons. The lowest BCUT2D eigenvalue weighted by molar-refractivity contribution is -0.130. The molecule has 0 spiro atoms. The minimum atomic E-state index is -0.436. The van der Waals surface area contributed by atoms with E-state index in [2.05, 4.69) is 27.0 Å². The van der Waals surface area contributed by atoms with Crippen LogP contribution in [0, 0.1) is 11.8 Å². The number of aliphatic hydroxyl groups is 2. The van der Waals surface area contributed by atoms with Crippen LogP contribution in [0.3, 0.4) is 0 Å². The third-order valence-corrected chi connectivity index (χ3v) is 8.68. The molecule has 0 radical (unpaired) electrons. The van der Waals surface area contributed by atoms with Crippen molar-refractivity contribution in [3.8, 4) is 0 Å². The van der Waals surface area contributed by atoms with E-state index in [-0.39, 0.29) is 48.2 Å². The fourth-order valence-electron chi connectivity index (χ4n) is 5.21. The summed E-state index contributed by atoms with van der Waals surface area (Å²) in [5.74, 6) is -0.888. The monoisotopic (exact) mass is 711 g/mol. The molecule has 0 aliphatic rings. The Balaban J connectivity index is -0.000000793. The number of hydrogen-bond acceptors (Lipinski definition) is 8. The number of aliphatic hydroxyl groups excluding tert-OH is 2. The van der Waals surface area contributed by atoms with Crippen molar-refractivity contribution >= 4 is 23.1 Å². The van der Waals surface area contributed by atoms with Gasteiger partial charge >= 0.3 is 0 Å². The summed E-state index contributed by atoms with van der Waals surface area (Å²) in [7, 11) is 0. The zero-order chi connectivity index (χ0) is 38.1. The van der Waals surface area contributed by atoms with Crippen LogP contribution in [-0.4, -0.2) is 73.0 Å². The van der Waals surface area contributed by atoms with E-state index in [9.17, 15) is 19.2 Å². The fourth-order valence-corrected chi connectivity index (χ4v) is 5.21. The highest BCUT2D eigenvalue weighted by molar-refractivity contribution is 5.90. The van der Waals surface area contributed by atoms with E-state index >= 15 is 0 Å². The van der Waals surface area contributed by atoms with Crippen molar-refractivity contribution in [3.63, 3.8) is 0 Å². The van der Waals surface area contributed by atoms with Gasteiger partial charge in [0.2, 0.25) is 0 Å². The highest BCUT2D eigenvalue weighted by Gasteiger charge is 2.22. The highest BCUT2D eigenvalue weighted by atomic mass is 16.5. The summed E-state index contributed by atoms with van der Waals surface area (Å²) in [6.45, 7) is 15.6. The number of ketones is 4. The van der Waals surface area contributed by atoms with Crippen molar-refractivity contribution in [1.82, 2.24) is 0 Å². The van der Waals surface area contributed by atoms with Gasteiger partial charge in [0.05, 0.1) is 0 Å². The van der Waals surface area contributed by atoms with Crippen LogP contribution >= 0.6 is 0 Å². The largest absolute Gasteiger partial charge is 0.389 e. The summed E-state index contributed by atoms with van der Waals surface area (Å²) in [5.41, 5.74) is 0. The summed E-state index contributed by atoms with van der Waals surface area (Å²) in [6, 6.07) is 0. The first-order chi connectivity index (χ1) is 24.2. The lowest BCUT2D eigenvalue weighted by Crippen LogP contribution is -2.25. The predicted octanol–water partition coefficient (Wildman–Crippen LogP) is 9.52. The van der Waals surface area contributed by atoms with Crippen molar-refractivity contribution in [2.45, 2.75) is 169 Å². The van der Waals surface area contributed by atoms with Gasteiger partial charge in [-0.1, -0.05) is 156 Å². The molecule has 0 aromatic rings. The molecule has 0 aliphatic heterocycles. The Labute approximate surface area is 307 Å². The summed E-state index contributed by atoms with van der Waals surface area (Å²) < 4.78 is 10.7. The molecule has 0 aromatic heterocycles. The maximum absolute atomic E-state index is 12.1. The number of ether oxygens (including phenoxy) is 2. The minimum Gasteiger partial charge on any atom is -0.389 e. The second-order valence-corrected chi connectivity index (χ2v) is 13.3. The summed E-state index contributed by atoms with van der Waals surface area (Å²) in [4.78, 5) is 44.3. The molecular formula is C42H78O8. The van der Waals surface area contributed by atoms with Crippen LogP contribution in [0.25, 0.3) is 0 Å². The topological polar surface area (TPSA) is 127 Å². The Morgan fingerprint density at radius 2 is 0.920 bits per heavy atom. The van der Waals surface area contributed by atoms with E-state index in [0.29, 0.717) is 26.1 Å². The maximum Gasteiger partial charge on any atom is 0.180 e. The molecule has 8 nitrogen and oxygen atoms in total. The summed E-state index contributed by atoms with van der Waals surface area (Å²) in [5, 5.41) is 16.9. The Bertz CT molecular complexity index is 810. The summed E-state index contributed by atoms with van der Waals surface area (Å²) >= 11 is 0. The number of Topliss-reactive ketones (excluding diaryl/α,β-unsaturated/α-hetero) is 2. The molecule has 0 aromatic carbocycles. The third-order valence-electron chi connectivity index (χ3n) is 8.68. The SMILES string of the molecule is C=CC(=O)CO.C=CC(=O)COCCCCCCCCCCCC.CCCCCCCCCCCCOCC(=O)C(C)CC(CC)C(=O)CO. The maximum atomic E-state index is 12.1. The Kier molecular flexibility index (Phi) is 45.2. The highest BCUT2D eigenvalue weighted by Crippen LogP contribution is 2.18. The van der Waals surface area contributed by atoms with Crippen molar-refractivity contribution in [2.75, 3.05) is 39.6 Å². The van der Waals surface area contributed by atoms with Crippen LogP contribution in [-0.2, 0) is 28.7 Å². The van der Waals surface area contributed by atoms with Crippen LogP contribution in [0.2, 0.25) is 0 Å². The second-order valence-electron chi connectivity index (χ2n) is 13.3. The molecule has 2 N–H and O–H groups in total. The molecule has 50 heavy (non-hydrogen) atoms. The third kappa shape index (κ3) is 40.4. The van der Waals surface area contributed by atoms with Gasteiger partial charge in [-0.15, -0.1) is 0 Å². The molecule has 0 amide bonds. The number of unbranched alkanes of at least 4 members (excludes halogenated alkanes) is 18. The predicted molar refractivity (Wildman–Crippen MR) is 207 cm³/mol. The Morgan fingerprint density at radius 1 is 0.540 bits per heavy atom. The van der Waals surface area contributed by atoms with Crippen LogP contribution in [0.15, 0.2) is 25.3 Å². The first-order valence-corrected chi connectivity index (χ1v) is 19.9. The Morgan fingerprint density at radius 3 is 1.24 bits per heavy atom. The standard InChI is InChI=1S/C22H42O4.C16H30O2.C4H6O2/c1-4-6-7-8-9-10-11-12-13-14-15-26-18-22(25)19(3)16-20(5-2)21(24)17-23;1-3-5-6-7-8-9-10-11-12-13-14-18-15-16(17)4-2;1-2-4(6)3-5/h19-20,23H,4-18H2,1-3H3;4H,2-3,5-15H2,1H3;2,5H,1,3H2. The molecule has 0 saturated heterocycles. The molecule has 0 aliphatic carbocycles. The number of hydrogen-bond donors (Lipinski definition) is 2. The molecular weight excluding hydrogens is 632 g/mol. The van der Waals surface area contributed by atoms with Crippen molar-refractivity contribution < 1.29 is 38.9 Å². The molecule has 0 bridgehead atoms. The van der Waals surface area contributed by atoms with E-state index in [1.165, 1.54) is 122 Å². The lowest BCUT2D eigenvalue weighted by Gasteiger charge is -2.17. The molecule has 2 atom stereocenters. The number of rotatable bonds is 35. The van der Waals surface area contributed by atoms with E-state index in [1.54, 1.807) is 0 Å². The second kappa shape index (κ2) is 43.2. The van der Waals surface area contributed by atoms with Crippen molar-refractivity contribution in [1.29, 1.82) is 0 Å². The van der Waals surface area contributed by atoms with E-state index in [0.717, 1.165) is 18.9 Å². The quantitative estimate of drug-likeness (QED) is 0.0492.